The number of carbonyl (C=O) groups is 1. The lowest BCUT2D eigenvalue weighted by Crippen LogP contribution is -2.02. The molecular weight excluding hydrogens is 304 g/mol. The molecule has 0 atom stereocenters. The van der Waals surface area contributed by atoms with Crippen molar-refractivity contribution in [3.05, 3.63) is 58.6 Å². The Bertz CT molecular complexity index is 705. The van der Waals surface area contributed by atoms with Crippen LogP contribution < -0.4 is 9.47 Å². The van der Waals surface area contributed by atoms with Crippen molar-refractivity contribution >= 4 is 29.2 Å². The average molecular weight is 319 g/mol. The third-order valence-electron chi connectivity index (χ3n) is 3.11. The molecule has 0 bridgehead atoms. The van der Waals surface area contributed by atoms with Crippen LogP contribution in [-0.2, 0) is 4.79 Å². The fourth-order valence-electron chi connectivity index (χ4n) is 2.00. The number of rotatable bonds is 5. The first-order valence-electron chi connectivity index (χ1n) is 6.48. The summed E-state index contributed by atoms with van der Waals surface area (Å²) < 4.78 is 10.4. The van der Waals surface area contributed by atoms with E-state index in [0.717, 1.165) is 5.56 Å². The summed E-state index contributed by atoms with van der Waals surface area (Å²) in [6.45, 7) is 0. The fourth-order valence-corrected chi connectivity index (χ4v) is 2.13. The van der Waals surface area contributed by atoms with Crippen LogP contribution in [-0.4, -0.2) is 25.3 Å². The highest BCUT2D eigenvalue weighted by Crippen LogP contribution is 2.31. The molecular formula is C17H15ClO4. The number of halogens is 1. The van der Waals surface area contributed by atoms with Gasteiger partial charge in [0.05, 0.1) is 19.8 Å². The maximum absolute atomic E-state index is 11.6. The van der Waals surface area contributed by atoms with Crippen molar-refractivity contribution in [2.45, 2.75) is 0 Å². The van der Waals surface area contributed by atoms with Crippen LogP contribution in [0.5, 0.6) is 11.5 Å². The summed E-state index contributed by atoms with van der Waals surface area (Å²) >= 11 is 5.84. The molecule has 0 heterocycles. The first-order chi connectivity index (χ1) is 10.5. The number of benzene rings is 2. The van der Waals surface area contributed by atoms with Crippen LogP contribution >= 0.6 is 11.6 Å². The van der Waals surface area contributed by atoms with Gasteiger partial charge in [0, 0.05) is 16.7 Å². The minimum absolute atomic E-state index is 0.127. The summed E-state index contributed by atoms with van der Waals surface area (Å²) in [7, 11) is 3.02. The Hall–Kier alpha value is -2.46. The van der Waals surface area contributed by atoms with Crippen molar-refractivity contribution in [3.8, 4) is 11.5 Å². The molecule has 1 N–H and O–H groups in total. The number of ether oxygens (including phenoxy) is 2. The van der Waals surface area contributed by atoms with E-state index in [4.69, 9.17) is 21.1 Å². The molecule has 5 heteroatoms. The van der Waals surface area contributed by atoms with Crippen LogP contribution in [0, 0.1) is 0 Å². The summed E-state index contributed by atoms with van der Waals surface area (Å²) in [5.74, 6) is -0.0165. The zero-order chi connectivity index (χ0) is 16.1. The van der Waals surface area contributed by atoms with Gasteiger partial charge in [0.2, 0.25) is 0 Å². The minimum atomic E-state index is -1.04. The zero-order valence-corrected chi connectivity index (χ0v) is 12.9. The van der Waals surface area contributed by atoms with Crippen molar-refractivity contribution in [3.63, 3.8) is 0 Å². The summed E-state index contributed by atoms with van der Waals surface area (Å²) in [5, 5.41) is 10.1. The molecule has 0 fully saturated rings. The van der Waals surface area contributed by atoms with Gasteiger partial charge in [0.1, 0.15) is 11.5 Å². The Morgan fingerprint density at radius 2 is 1.77 bits per heavy atom. The van der Waals surface area contributed by atoms with E-state index < -0.39 is 5.97 Å². The van der Waals surface area contributed by atoms with E-state index in [1.165, 1.54) is 14.2 Å². The van der Waals surface area contributed by atoms with Crippen molar-refractivity contribution in [2.24, 2.45) is 0 Å². The van der Waals surface area contributed by atoms with E-state index in [1.54, 1.807) is 48.5 Å². The van der Waals surface area contributed by atoms with Crippen molar-refractivity contribution in [1.82, 2.24) is 0 Å². The van der Waals surface area contributed by atoms with E-state index in [2.05, 4.69) is 0 Å². The molecule has 4 nitrogen and oxygen atoms in total. The predicted octanol–water partition coefficient (Wildman–Crippen LogP) is 3.98. The van der Waals surface area contributed by atoms with Gasteiger partial charge < -0.3 is 14.6 Å². The number of methoxy groups -OCH3 is 2. The standard InChI is InChI=1S/C17H15ClO4/c1-21-13-7-8-14(16(10-13)22-2)15(17(19)20)9-11-3-5-12(18)6-4-11/h3-10H,1-2H3,(H,19,20)/b15-9-. The number of hydrogen-bond acceptors (Lipinski definition) is 3. The second-order valence-electron chi connectivity index (χ2n) is 4.48. The molecule has 0 saturated heterocycles. The smallest absolute Gasteiger partial charge is 0.336 e. The first-order valence-corrected chi connectivity index (χ1v) is 6.86. The lowest BCUT2D eigenvalue weighted by Gasteiger charge is -2.11. The van der Waals surface area contributed by atoms with Crippen LogP contribution in [0.25, 0.3) is 11.6 Å². The average Bonchev–Trinajstić information content (AvgIpc) is 2.53. The molecule has 0 aliphatic heterocycles. The van der Waals surface area contributed by atoms with Crippen molar-refractivity contribution in [1.29, 1.82) is 0 Å². The molecule has 0 aromatic heterocycles. The summed E-state index contributed by atoms with van der Waals surface area (Å²) in [6, 6.07) is 11.9. The Balaban J connectivity index is 2.52. The van der Waals surface area contributed by atoms with E-state index in [1.807, 2.05) is 0 Å². The van der Waals surface area contributed by atoms with E-state index >= 15 is 0 Å². The molecule has 0 amide bonds. The third kappa shape index (κ3) is 3.59. The first kappa shape index (κ1) is 15.9. The molecule has 2 aromatic rings. The molecule has 0 saturated carbocycles. The number of aliphatic carboxylic acids is 1. The van der Waals surface area contributed by atoms with Gasteiger partial charge in [-0.2, -0.15) is 0 Å². The largest absolute Gasteiger partial charge is 0.497 e. The van der Waals surface area contributed by atoms with Crippen molar-refractivity contribution < 1.29 is 19.4 Å². The molecule has 0 radical (unpaired) electrons. The Labute approximate surface area is 133 Å². The van der Waals surface area contributed by atoms with Crippen LogP contribution in [0.3, 0.4) is 0 Å². The predicted molar refractivity (Wildman–Crippen MR) is 86.5 cm³/mol. The summed E-state index contributed by atoms with van der Waals surface area (Å²) in [5.41, 5.74) is 1.34. The van der Waals surface area contributed by atoms with Crippen LogP contribution in [0.2, 0.25) is 5.02 Å². The van der Waals surface area contributed by atoms with Crippen LogP contribution in [0.1, 0.15) is 11.1 Å². The van der Waals surface area contributed by atoms with E-state index in [0.29, 0.717) is 22.1 Å². The Morgan fingerprint density at radius 1 is 1.09 bits per heavy atom. The molecule has 2 rings (SSSR count). The quantitative estimate of drug-likeness (QED) is 0.669. The third-order valence-corrected chi connectivity index (χ3v) is 3.36. The SMILES string of the molecule is COc1ccc(/C(=C/c2ccc(Cl)cc2)C(=O)O)c(OC)c1. The van der Waals surface area contributed by atoms with Gasteiger partial charge in [-0.3, -0.25) is 0 Å². The van der Waals surface area contributed by atoms with Crippen LogP contribution in [0.4, 0.5) is 0 Å². The maximum Gasteiger partial charge on any atom is 0.336 e. The van der Waals surface area contributed by atoms with E-state index in [9.17, 15) is 9.90 Å². The van der Waals surface area contributed by atoms with Crippen LogP contribution in [0.15, 0.2) is 42.5 Å². The Kier molecular flexibility index (Phi) is 5.07. The number of carboxylic acids is 1. The number of hydrogen-bond donors (Lipinski definition) is 1. The summed E-state index contributed by atoms with van der Waals surface area (Å²) in [4.78, 5) is 11.6. The van der Waals surface area contributed by atoms with E-state index in [-0.39, 0.29) is 5.57 Å². The van der Waals surface area contributed by atoms with Gasteiger partial charge >= 0.3 is 5.97 Å². The minimum Gasteiger partial charge on any atom is -0.497 e. The molecule has 22 heavy (non-hydrogen) atoms. The monoisotopic (exact) mass is 318 g/mol. The normalized spacial score (nSPS) is 11.1. The van der Waals surface area contributed by atoms with Gasteiger partial charge in [-0.25, -0.2) is 4.79 Å². The van der Waals surface area contributed by atoms with Gasteiger partial charge in [0.15, 0.2) is 0 Å². The zero-order valence-electron chi connectivity index (χ0n) is 12.2. The molecule has 0 unspecified atom stereocenters. The molecule has 114 valence electrons. The van der Waals surface area contributed by atoms with Crippen molar-refractivity contribution in [2.75, 3.05) is 14.2 Å². The molecule has 2 aromatic carbocycles. The maximum atomic E-state index is 11.6. The topological polar surface area (TPSA) is 55.8 Å². The Morgan fingerprint density at radius 3 is 2.32 bits per heavy atom. The highest BCUT2D eigenvalue weighted by Gasteiger charge is 2.16. The molecule has 0 aliphatic rings. The lowest BCUT2D eigenvalue weighted by molar-refractivity contribution is -0.130. The highest BCUT2D eigenvalue weighted by atomic mass is 35.5. The molecule has 0 aliphatic carbocycles. The van der Waals surface area contributed by atoms with Gasteiger partial charge in [0.25, 0.3) is 0 Å². The molecule has 0 spiro atoms. The highest BCUT2D eigenvalue weighted by molar-refractivity contribution is 6.30. The second-order valence-corrected chi connectivity index (χ2v) is 4.92. The summed E-state index contributed by atoms with van der Waals surface area (Å²) in [6.07, 6.45) is 1.57. The number of carboxylic acid groups (broad SMARTS) is 1. The fraction of sp³-hybridized carbons (Fsp3) is 0.118. The lowest BCUT2D eigenvalue weighted by atomic mass is 10.0. The van der Waals surface area contributed by atoms with Gasteiger partial charge in [-0.05, 0) is 35.9 Å². The second kappa shape index (κ2) is 7.00. The van der Waals surface area contributed by atoms with Gasteiger partial charge in [-0.1, -0.05) is 23.7 Å². The van der Waals surface area contributed by atoms with Gasteiger partial charge in [-0.15, -0.1) is 0 Å².